The molecule has 2 aromatic heterocycles. The normalized spacial score (nSPS) is 10.9. The molecular formula is C13H19N3O. The van der Waals surface area contributed by atoms with Crippen molar-refractivity contribution < 1.29 is 4.42 Å². The van der Waals surface area contributed by atoms with E-state index in [9.17, 15) is 0 Å². The van der Waals surface area contributed by atoms with Gasteiger partial charge in [0, 0.05) is 19.3 Å². The van der Waals surface area contributed by atoms with Gasteiger partial charge in [0.05, 0.1) is 12.2 Å². The Bertz CT molecular complexity index is 459. The Morgan fingerprint density at radius 2 is 2.18 bits per heavy atom. The molecule has 0 aromatic carbocycles. The molecule has 0 bridgehead atoms. The van der Waals surface area contributed by atoms with E-state index in [-0.39, 0.29) is 0 Å². The first-order valence-corrected chi connectivity index (χ1v) is 6.06. The lowest BCUT2D eigenvalue weighted by Crippen LogP contribution is -2.16. The summed E-state index contributed by atoms with van der Waals surface area (Å²) in [6, 6.07) is 6.04. The van der Waals surface area contributed by atoms with Gasteiger partial charge in [-0.1, -0.05) is 6.92 Å². The fraction of sp³-hybridized carbons (Fsp3) is 0.462. The van der Waals surface area contributed by atoms with Crippen LogP contribution in [-0.2, 0) is 19.6 Å². The number of rotatable bonds is 6. The number of nitrogens with zero attached hydrogens (tertiary/aromatic N) is 2. The second-order valence-electron chi connectivity index (χ2n) is 4.16. The maximum Gasteiger partial charge on any atom is 0.117 e. The third kappa shape index (κ3) is 3.20. The van der Waals surface area contributed by atoms with E-state index in [4.69, 9.17) is 4.42 Å². The van der Waals surface area contributed by atoms with Crippen molar-refractivity contribution in [3.05, 3.63) is 41.6 Å². The summed E-state index contributed by atoms with van der Waals surface area (Å²) in [7, 11) is 0. The minimum absolute atomic E-state index is 0.755. The molecule has 4 heteroatoms. The number of nitrogens with one attached hydrogen (secondary N) is 1. The monoisotopic (exact) mass is 233 g/mol. The highest BCUT2D eigenvalue weighted by Gasteiger charge is 2.02. The average molecular weight is 233 g/mol. The van der Waals surface area contributed by atoms with Gasteiger partial charge < -0.3 is 9.73 Å². The van der Waals surface area contributed by atoms with Crippen molar-refractivity contribution in [2.24, 2.45) is 0 Å². The zero-order valence-electron chi connectivity index (χ0n) is 10.4. The predicted molar refractivity (Wildman–Crippen MR) is 66.5 cm³/mol. The largest absolute Gasteiger partial charge is 0.465 e. The van der Waals surface area contributed by atoms with E-state index in [1.54, 1.807) is 0 Å². The van der Waals surface area contributed by atoms with Crippen molar-refractivity contribution in [2.45, 2.75) is 39.9 Å². The predicted octanol–water partition coefficient (Wildman–Crippen LogP) is 2.48. The van der Waals surface area contributed by atoms with Gasteiger partial charge in [0.1, 0.15) is 11.5 Å². The quantitative estimate of drug-likeness (QED) is 0.833. The van der Waals surface area contributed by atoms with Crippen LogP contribution in [0.15, 0.2) is 28.8 Å². The Morgan fingerprint density at radius 3 is 2.88 bits per heavy atom. The number of furan rings is 1. The van der Waals surface area contributed by atoms with Crippen molar-refractivity contribution in [1.29, 1.82) is 0 Å². The lowest BCUT2D eigenvalue weighted by atomic mass is 10.3. The van der Waals surface area contributed by atoms with Crippen LogP contribution in [0.25, 0.3) is 0 Å². The molecule has 0 aliphatic carbocycles. The van der Waals surface area contributed by atoms with Gasteiger partial charge in [-0.15, -0.1) is 0 Å². The zero-order chi connectivity index (χ0) is 12.1. The molecule has 0 fully saturated rings. The van der Waals surface area contributed by atoms with Gasteiger partial charge in [0.25, 0.3) is 0 Å². The summed E-state index contributed by atoms with van der Waals surface area (Å²) in [6.45, 7) is 6.67. The summed E-state index contributed by atoms with van der Waals surface area (Å²) in [5.41, 5.74) is 1.22. The first-order chi connectivity index (χ1) is 8.29. The Morgan fingerprint density at radius 1 is 1.29 bits per heavy atom. The standard InChI is InChI=1S/C13H19N3O/c1-3-8-16-12(6-7-15-16)9-14-10-13-5-4-11(2)17-13/h4-7,14H,3,8-10H2,1-2H3. The van der Waals surface area contributed by atoms with Crippen molar-refractivity contribution >= 4 is 0 Å². The minimum Gasteiger partial charge on any atom is -0.465 e. The van der Waals surface area contributed by atoms with Crippen molar-refractivity contribution in [1.82, 2.24) is 15.1 Å². The van der Waals surface area contributed by atoms with Crippen LogP contribution in [-0.4, -0.2) is 9.78 Å². The lowest BCUT2D eigenvalue weighted by Gasteiger charge is -2.06. The first kappa shape index (κ1) is 11.9. The summed E-state index contributed by atoms with van der Waals surface area (Å²) >= 11 is 0. The zero-order valence-corrected chi connectivity index (χ0v) is 10.4. The van der Waals surface area contributed by atoms with Gasteiger partial charge in [-0.3, -0.25) is 4.68 Å². The van der Waals surface area contributed by atoms with Crippen molar-refractivity contribution in [2.75, 3.05) is 0 Å². The summed E-state index contributed by atoms with van der Waals surface area (Å²) in [5, 5.41) is 7.65. The van der Waals surface area contributed by atoms with E-state index >= 15 is 0 Å². The number of aryl methyl sites for hydroxylation is 2. The molecule has 17 heavy (non-hydrogen) atoms. The Labute approximate surface area is 102 Å². The highest BCUT2D eigenvalue weighted by molar-refractivity contribution is 5.06. The van der Waals surface area contributed by atoms with Gasteiger partial charge in [-0.2, -0.15) is 5.10 Å². The maximum atomic E-state index is 5.50. The second kappa shape index (κ2) is 5.68. The molecule has 4 nitrogen and oxygen atoms in total. The van der Waals surface area contributed by atoms with E-state index in [2.05, 4.69) is 23.4 Å². The van der Waals surface area contributed by atoms with Crippen LogP contribution in [0.4, 0.5) is 0 Å². The second-order valence-corrected chi connectivity index (χ2v) is 4.16. The minimum atomic E-state index is 0.755. The lowest BCUT2D eigenvalue weighted by molar-refractivity contribution is 0.456. The van der Waals surface area contributed by atoms with Crippen LogP contribution in [0.3, 0.4) is 0 Å². The van der Waals surface area contributed by atoms with E-state index < -0.39 is 0 Å². The molecule has 0 radical (unpaired) electrons. The van der Waals surface area contributed by atoms with E-state index in [1.807, 2.05) is 29.9 Å². The number of hydrogen-bond acceptors (Lipinski definition) is 3. The van der Waals surface area contributed by atoms with Gasteiger partial charge >= 0.3 is 0 Å². The summed E-state index contributed by atoms with van der Waals surface area (Å²) in [4.78, 5) is 0. The van der Waals surface area contributed by atoms with Gasteiger partial charge in [-0.25, -0.2) is 0 Å². The number of hydrogen-bond donors (Lipinski definition) is 1. The fourth-order valence-electron chi connectivity index (χ4n) is 1.82. The molecule has 0 unspecified atom stereocenters. The smallest absolute Gasteiger partial charge is 0.117 e. The maximum absolute atomic E-state index is 5.50. The number of aromatic nitrogens is 2. The van der Waals surface area contributed by atoms with Crippen LogP contribution >= 0.6 is 0 Å². The topological polar surface area (TPSA) is 43.0 Å². The molecule has 2 rings (SSSR count). The molecule has 92 valence electrons. The molecule has 0 saturated carbocycles. The van der Waals surface area contributed by atoms with E-state index in [0.29, 0.717) is 0 Å². The average Bonchev–Trinajstić information content (AvgIpc) is 2.90. The molecule has 2 aromatic rings. The Balaban J connectivity index is 1.83. The third-order valence-corrected chi connectivity index (χ3v) is 2.64. The molecule has 0 spiro atoms. The molecule has 1 N–H and O–H groups in total. The van der Waals surface area contributed by atoms with Crippen molar-refractivity contribution in [3.8, 4) is 0 Å². The van der Waals surface area contributed by atoms with Gasteiger partial charge in [0.15, 0.2) is 0 Å². The molecule has 0 atom stereocenters. The fourth-order valence-corrected chi connectivity index (χ4v) is 1.82. The van der Waals surface area contributed by atoms with E-state index in [0.717, 1.165) is 37.6 Å². The van der Waals surface area contributed by atoms with Crippen LogP contribution in [0, 0.1) is 6.92 Å². The summed E-state index contributed by atoms with van der Waals surface area (Å²) < 4.78 is 7.54. The molecule has 0 aliphatic heterocycles. The molecule has 0 aliphatic rings. The van der Waals surface area contributed by atoms with Crippen LogP contribution < -0.4 is 5.32 Å². The van der Waals surface area contributed by atoms with Crippen LogP contribution in [0.2, 0.25) is 0 Å². The summed E-state index contributed by atoms with van der Waals surface area (Å²) in [6.07, 6.45) is 2.95. The van der Waals surface area contributed by atoms with Gasteiger partial charge in [-0.05, 0) is 31.5 Å². The van der Waals surface area contributed by atoms with Gasteiger partial charge in [0.2, 0.25) is 0 Å². The molecule has 2 heterocycles. The van der Waals surface area contributed by atoms with Crippen LogP contribution in [0.1, 0.15) is 30.6 Å². The molecule has 0 saturated heterocycles. The highest BCUT2D eigenvalue weighted by atomic mass is 16.3. The molecule has 0 amide bonds. The first-order valence-electron chi connectivity index (χ1n) is 6.06. The molecular weight excluding hydrogens is 214 g/mol. The summed E-state index contributed by atoms with van der Waals surface area (Å²) in [5.74, 6) is 1.93. The van der Waals surface area contributed by atoms with Crippen molar-refractivity contribution in [3.63, 3.8) is 0 Å². The van der Waals surface area contributed by atoms with E-state index in [1.165, 1.54) is 5.69 Å². The SMILES string of the molecule is CCCn1nccc1CNCc1ccc(C)o1. The van der Waals surface area contributed by atoms with Crippen LogP contribution in [0.5, 0.6) is 0 Å². The third-order valence-electron chi connectivity index (χ3n) is 2.64. The Hall–Kier alpha value is -1.55. The Kier molecular flexibility index (Phi) is 3.98. The highest BCUT2D eigenvalue weighted by Crippen LogP contribution is 2.06.